The summed E-state index contributed by atoms with van der Waals surface area (Å²) in [6, 6.07) is 19.3. The number of aromatic hydroxyl groups is 1. The largest absolute Gasteiger partial charge is 0.508 e. The van der Waals surface area contributed by atoms with E-state index in [0.29, 0.717) is 32.5 Å². The van der Waals surface area contributed by atoms with E-state index in [4.69, 9.17) is 0 Å². The zero-order valence-electron chi connectivity index (χ0n) is 21.9. The number of carbonyl (C=O) groups is 3. The van der Waals surface area contributed by atoms with Crippen molar-refractivity contribution in [3.8, 4) is 5.75 Å². The fourth-order valence-electron chi connectivity index (χ4n) is 5.28. The average Bonchev–Trinajstić information content (AvgIpc) is 3.47. The first-order valence-corrected chi connectivity index (χ1v) is 14.1. The topological polar surface area (TPSA) is 96.4 Å². The Hall–Kier alpha value is -3.89. The molecule has 3 aromatic rings. The molecule has 5 rings (SSSR count). The predicted molar refractivity (Wildman–Crippen MR) is 149 cm³/mol. The standard InChI is InChI=1S/C29H33N5O4S/c1-2-32-20-27(36)33-25(17-21-10-12-23(35)13-11-21)28(37)31(15-14-24-9-6-16-39-24)19-26(33)34(32)29(38)30-18-22-7-4-3-5-8-22/h3-13,16,25-26,35H,2,14-15,17-20H2,1H3,(H,30,38)/t25-,26-/m0/s1. The lowest BCUT2D eigenvalue weighted by Crippen LogP contribution is -2.76. The van der Waals surface area contributed by atoms with Crippen LogP contribution in [0.2, 0.25) is 0 Å². The van der Waals surface area contributed by atoms with Crippen LogP contribution in [0.1, 0.15) is 22.9 Å². The number of rotatable bonds is 8. The molecule has 0 aliphatic carbocycles. The quantitative estimate of drug-likeness (QED) is 0.452. The van der Waals surface area contributed by atoms with Gasteiger partial charge in [0.15, 0.2) is 0 Å². The Kier molecular flexibility index (Phi) is 8.13. The molecule has 0 spiro atoms. The van der Waals surface area contributed by atoms with Gasteiger partial charge in [-0.25, -0.2) is 14.8 Å². The number of likely N-dealkylation sites (N-methyl/N-ethyl adjacent to an activating group) is 1. The van der Waals surface area contributed by atoms with E-state index >= 15 is 0 Å². The maximum absolute atomic E-state index is 13.8. The first-order chi connectivity index (χ1) is 18.9. The molecule has 1 aromatic heterocycles. The number of urea groups is 1. The summed E-state index contributed by atoms with van der Waals surface area (Å²) in [7, 11) is 0. The van der Waals surface area contributed by atoms with Crippen LogP contribution >= 0.6 is 11.3 Å². The summed E-state index contributed by atoms with van der Waals surface area (Å²) in [6.07, 6.45) is 0.362. The third kappa shape index (κ3) is 5.91. The van der Waals surface area contributed by atoms with Gasteiger partial charge in [0.05, 0.1) is 13.1 Å². The van der Waals surface area contributed by atoms with Gasteiger partial charge in [-0.3, -0.25) is 9.59 Å². The molecule has 2 fully saturated rings. The van der Waals surface area contributed by atoms with Gasteiger partial charge in [0.2, 0.25) is 11.8 Å². The van der Waals surface area contributed by atoms with Crippen molar-refractivity contribution in [3.05, 3.63) is 88.1 Å². The Morgan fingerprint density at radius 1 is 1.03 bits per heavy atom. The van der Waals surface area contributed by atoms with Gasteiger partial charge in [-0.1, -0.05) is 55.5 Å². The van der Waals surface area contributed by atoms with E-state index in [9.17, 15) is 19.5 Å². The number of phenols is 1. The molecule has 39 heavy (non-hydrogen) atoms. The predicted octanol–water partition coefficient (Wildman–Crippen LogP) is 3.07. The van der Waals surface area contributed by atoms with Crippen molar-refractivity contribution in [2.75, 3.05) is 26.2 Å². The molecule has 2 N–H and O–H groups in total. The Morgan fingerprint density at radius 3 is 2.49 bits per heavy atom. The second-order valence-electron chi connectivity index (χ2n) is 9.75. The minimum atomic E-state index is -0.757. The van der Waals surface area contributed by atoms with E-state index in [2.05, 4.69) is 5.32 Å². The first-order valence-electron chi connectivity index (χ1n) is 13.2. The van der Waals surface area contributed by atoms with Crippen LogP contribution in [0.4, 0.5) is 4.79 Å². The molecular weight excluding hydrogens is 514 g/mol. The lowest BCUT2D eigenvalue weighted by atomic mass is 9.98. The average molecular weight is 548 g/mol. The Labute approximate surface area is 232 Å². The zero-order chi connectivity index (χ0) is 27.4. The number of carbonyl (C=O) groups excluding carboxylic acids is 3. The van der Waals surface area contributed by atoms with Gasteiger partial charge in [-0.15, -0.1) is 11.3 Å². The molecule has 204 valence electrons. The molecule has 2 aromatic carbocycles. The van der Waals surface area contributed by atoms with Crippen LogP contribution in [0.5, 0.6) is 5.75 Å². The summed E-state index contributed by atoms with van der Waals surface area (Å²) in [4.78, 5) is 45.6. The van der Waals surface area contributed by atoms with Crippen molar-refractivity contribution in [2.45, 2.75) is 38.5 Å². The summed E-state index contributed by atoms with van der Waals surface area (Å²) in [6.45, 7) is 3.48. The highest BCUT2D eigenvalue weighted by Gasteiger charge is 2.51. The number of benzene rings is 2. The maximum atomic E-state index is 13.8. The molecule has 0 saturated carbocycles. The minimum absolute atomic E-state index is 0.0142. The monoisotopic (exact) mass is 547 g/mol. The smallest absolute Gasteiger partial charge is 0.334 e. The normalized spacial score (nSPS) is 19.8. The molecule has 3 heterocycles. The molecular formula is C29H33N5O4S. The molecule has 10 heteroatoms. The number of nitrogens with zero attached hydrogens (tertiary/aromatic N) is 4. The number of phenolic OH excluding ortho intramolecular Hbond substituents is 1. The van der Waals surface area contributed by atoms with Crippen molar-refractivity contribution >= 4 is 29.2 Å². The van der Waals surface area contributed by atoms with E-state index in [1.165, 1.54) is 4.88 Å². The van der Waals surface area contributed by atoms with E-state index in [0.717, 1.165) is 11.1 Å². The van der Waals surface area contributed by atoms with Crippen molar-refractivity contribution in [3.63, 3.8) is 0 Å². The van der Waals surface area contributed by atoms with Crippen LogP contribution in [0.15, 0.2) is 72.1 Å². The third-order valence-corrected chi connectivity index (χ3v) is 8.20. The van der Waals surface area contributed by atoms with Gasteiger partial charge >= 0.3 is 6.03 Å². The van der Waals surface area contributed by atoms with Crippen molar-refractivity contribution in [1.82, 2.24) is 25.1 Å². The van der Waals surface area contributed by atoms with Crippen LogP contribution in [-0.4, -0.2) is 81.2 Å². The molecule has 0 bridgehead atoms. The van der Waals surface area contributed by atoms with E-state index < -0.39 is 12.2 Å². The van der Waals surface area contributed by atoms with Gasteiger partial charge in [0.1, 0.15) is 18.0 Å². The van der Waals surface area contributed by atoms with Crippen LogP contribution in [0.3, 0.4) is 0 Å². The highest BCUT2D eigenvalue weighted by Crippen LogP contribution is 2.29. The summed E-state index contributed by atoms with van der Waals surface area (Å²) < 4.78 is 0. The highest BCUT2D eigenvalue weighted by atomic mass is 32.1. The number of hydrogen-bond acceptors (Lipinski definition) is 6. The van der Waals surface area contributed by atoms with E-state index in [1.807, 2.05) is 54.8 Å². The highest BCUT2D eigenvalue weighted by molar-refractivity contribution is 7.09. The van der Waals surface area contributed by atoms with Gasteiger partial charge in [0.25, 0.3) is 0 Å². The van der Waals surface area contributed by atoms with Crippen LogP contribution < -0.4 is 5.32 Å². The summed E-state index contributed by atoms with van der Waals surface area (Å²) in [5, 5.41) is 18.1. The van der Waals surface area contributed by atoms with Crippen molar-refractivity contribution in [2.24, 2.45) is 0 Å². The molecule has 2 aliphatic rings. The van der Waals surface area contributed by atoms with Crippen molar-refractivity contribution in [1.29, 1.82) is 0 Å². The Bertz CT molecular complexity index is 1280. The number of nitrogens with one attached hydrogen (secondary N) is 1. The summed E-state index contributed by atoms with van der Waals surface area (Å²) >= 11 is 1.65. The molecule has 0 radical (unpaired) electrons. The number of hydrazine groups is 1. The fraction of sp³-hybridized carbons (Fsp3) is 0.345. The summed E-state index contributed by atoms with van der Waals surface area (Å²) in [5.74, 6) is -0.166. The van der Waals surface area contributed by atoms with Gasteiger partial charge < -0.3 is 20.2 Å². The molecule has 2 atom stereocenters. The van der Waals surface area contributed by atoms with Gasteiger partial charge in [0, 0.05) is 30.9 Å². The zero-order valence-corrected chi connectivity index (χ0v) is 22.7. The lowest BCUT2D eigenvalue weighted by Gasteiger charge is -2.55. The van der Waals surface area contributed by atoms with E-state index in [1.54, 1.807) is 55.4 Å². The molecule has 2 saturated heterocycles. The number of piperazine rings is 1. The van der Waals surface area contributed by atoms with Crippen LogP contribution in [0.25, 0.3) is 0 Å². The first kappa shape index (κ1) is 26.7. The van der Waals surface area contributed by atoms with Gasteiger partial charge in [-0.05, 0) is 41.1 Å². The van der Waals surface area contributed by atoms with Crippen molar-refractivity contribution < 1.29 is 19.5 Å². The Morgan fingerprint density at radius 2 is 1.79 bits per heavy atom. The second-order valence-corrected chi connectivity index (χ2v) is 10.8. The SMILES string of the molecule is CCN1CC(=O)N2[C@@H](Cc3ccc(O)cc3)C(=O)N(CCc3cccs3)C[C@@H]2N1C(=O)NCc1ccccc1. The number of hydrogen-bond donors (Lipinski definition) is 2. The van der Waals surface area contributed by atoms with Gasteiger partial charge in [-0.2, -0.15) is 0 Å². The number of thiophene rings is 1. The molecule has 4 amide bonds. The minimum Gasteiger partial charge on any atom is -0.508 e. The molecule has 0 unspecified atom stereocenters. The number of amides is 4. The number of fused-ring (bicyclic) bond motifs is 1. The van der Waals surface area contributed by atoms with Crippen LogP contribution in [-0.2, 0) is 29.0 Å². The fourth-order valence-corrected chi connectivity index (χ4v) is 5.97. The maximum Gasteiger partial charge on any atom is 0.334 e. The lowest BCUT2D eigenvalue weighted by molar-refractivity contribution is -0.189. The molecule has 9 nitrogen and oxygen atoms in total. The Balaban J connectivity index is 1.44. The molecule has 2 aliphatic heterocycles. The third-order valence-electron chi connectivity index (χ3n) is 7.26. The summed E-state index contributed by atoms with van der Waals surface area (Å²) in [5.41, 5.74) is 1.80. The second kappa shape index (κ2) is 11.9. The van der Waals surface area contributed by atoms with Crippen LogP contribution in [0, 0.1) is 0 Å². The van der Waals surface area contributed by atoms with E-state index in [-0.39, 0.29) is 36.7 Å².